The zero-order valence-electron chi connectivity index (χ0n) is 18.0. The molecular formula is C21H19ClFN5O5S. The van der Waals surface area contributed by atoms with Crippen LogP contribution in [0.25, 0.3) is 17.0 Å². The van der Waals surface area contributed by atoms with E-state index in [4.69, 9.17) is 25.8 Å². The molecule has 178 valence electrons. The van der Waals surface area contributed by atoms with Crippen molar-refractivity contribution < 1.29 is 27.0 Å². The molecule has 0 fully saturated rings. The fourth-order valence-corrected chi connectivity index (χ4v) is 4.34. The van der Waals surface area contributed by atoms with Crippen molar-refractivity contribution in [3.05, 3.63) is 59.4 Å². The molecule has 0 radical (unpaired) electrons. The van der Waals surface area contributed by atoms with Gasteiger partial charge in [-0.05, 0) is 36.4 Å². The highest BCUT2D eigenvalue weighted by Gasteiger charge is 2.17. The Hall–Kier alpha value is -3.48. The first kappa shape index (κ1) is 23.7. The molecular weight excluding hydrogens is 489 g/mol. The van der Waals surface area contributed by atoms with Gasteiger partial charge in [-0.25, -0.2) is 17.5 Å². The summed E-state index contributed by atoms with van der Waals surface area (Å²) >= 11 is 5.66. The van der Waals surface area contributed by atoms with Crippen molar-refractivity contribution in [1.29, 1.82) is 0 Å². The van der Waals surface area contributed by atoms with Crippen LogP contribution in [0.4, 0.5) is 4.39 Å². The maximum atomic E-state index is 13.3. The molecule has 0 atom stereocenters. The van der Waals surface area contributed by atoms with E-state index in [-0.39, 0.29) is 28.9 Å². The highest BCUT2D eigenvalue weighted by atomic mass is 35.5. The molecule has 2 heterocycles. The lowest BCUT2D eigenvalue weighted by Crippen LogP contribution is -2.28. The summed E-state index contributed by atoms with van der Waals surface area (Å²) in [5.74, 6) is 1.10. The number of sulfonamides is 1. The molecule has 0 aliphatic rings. The number of fused-ring (bicyclic) bond motifs is 1. The Morgan fingerprint density at radius 3 is 2.62 bits per heavy atom. The quantitative estimate of drug-likeness (QED) is 0.344. The van der Waals surface area contributed by atoms with E-state index < -0.39 is 15.8 Å². The van der Waals surface area contributed by atoms with Crippen LogP contribution in [0.2, 0.25) is 5.02 Å². The predicted octanol–water partition coefficient (Wildman–Crippen LogP) is 2.96. The molecule has 13 heteroatoms. The molecule has 0 bridgehead atoms. The minimum atomic E-state index is -3.89. The summed E-state index contributed by atoms with van der Waals surface area (Å²) in [6, 6.07) is 11.7. The average Bonchev–Trinajstić information content (AvgIpc) is 3.26. The first-order valence-electron chi connectivity index (χ1n) is 9.85. The average molecular weight is 508 g/mol. The largest absolute Gasteiger partial charge is 0.497 e. The van der Waals surface area contributed by atoms with Gasteiger partial charge in [-0.15, -0.1) is 15.3 Å². The third-order valence-corrected chi connectivity index (χ3v) is 6.48. The number of hydrogen-bond acceptors (Lipinski definition) is 8. The molecule has 0 aliphatic carbocycles. The zero-order valence-corrected chi connectivity index (χ0v) is 19.6. The Labute approximate surface area is 199 Å². The summed E-state index contributed by atoms with van der Waals surface area (Å²) in [6.07, 6.45) is 0. The maximum absolute atomic E-state index is 13.3. The number of nitrogens with zero attached hydrogens (tertiary/aromatic N) is 4. The Morgan fingerprint density at radius 2 is 1.88 bits per heavy atom. The zero-order chi connectivity index (χ0) is 24.3. The Morgan fingerprint density at radius 1 is 1.06 bits per heavy atom. The van der Waals surface area contributed by atoms with Crippen LogP contribution in [-0.4, -0.2) is 55.6 Å². The fraction of sp³-hybridized carbons (Fsp3) is 0.190. The standard InChI is InChI=1S/C21H19ClFN5O5S/c1-31-13-3-5-15(18(11-13)32-2)21-26-25-19-7-8-20(27-28(19)21)33-10-9-24-34(29,30)14-4-6-17(23)16(22)12-14/h3-8,11-12,24H,9-10H2,1-2H3. The first-order valence-corrected chi connectivity index (χ1v) is 11.7. The molecule has 4 aromatic rings. The van der Waals surface area contributed by atoms with Gasteiger partial charge in [-0.1, -0.05) is 11.6 Å². The number of halogens is 2. The molecule has 2 aromatic heterocycles. The van der Waals surface area contributed by atoms with Gasteiger partial charge in [0.05, 0.1) is 29.7 Å². The van der Waals surface area contributed by atoms with Crippen LogP contribution < -0.4 is 18.9 Å². The van der Waals surface area contributed by atoms with Gasteiger partial charge in [0.15, 0.2) is 11.5 Å². The maximum Gasteiger partial charge on any atom is 0.240 e. The molecule has 34 heavy (non-hydrogen) atoms. The lowest BCUT2D eigenvalue weighted by molar-refractivity contribution is 0.306. The van der Waals surface area contributed by atoms with E-state index in [9.17, 15) is 12.8 Å². The van der Waals surface area contributed by atoms with E-state index in [1.807, 2.05) is 0 Å². The number of methoxy groups -OCH3 is 2. The lowest BCUT2D eigenvalue weighted by Gasteiger charge is -2.10. The van der Waals surface area contributed by atoms with E-state index in [1.54, 1.807) is 37.4 Å². The van der Waals surface area contributed by atoms with Crippen molar-refractivity contribution in [2.24, 2.45) is 0 Å². The first-order chi connectivity index (χ1) is 16.3. The second-order valence-electron chi connectivity index (χ2n) is 6.85. The summed E-state index contributed by atoms with van der Waals surface area (Å²) in [4.78, 5) is -0.152. The molecule has 10 nitrogen and oxygen atoms in total. The van der Waals surface area contributed by atoms with Crippen LogP contribution in [0.3, 0.4) is 0 Å². The van der Waals surface area contributed by atoms with Crippen molar-refractivity contribution in [1.82, 2.24) is 24.5 Å². The summed E-state index contributed by atoms with van der Waals surface area (Å²) in [5, 5.41) is 12.4. The van der Waals surface area contributed by atoms with Crippen LogP contribution in [-0.2, 0) is 10.0 Å². The van der Waals surface area contributed by atoms with Crippen molar-refractivity contribution in [3.8, 4) is 28.8 Å². The fourth-order valence-electron chi connectivity index (χ4n) is 3.06. The second kappa shape index (κ2) is 9.79. The third kappa shape index (κ3) is 4.88. The molecule has 1 N–H and O–H groups in total. The molecule has 0 saturated carbocycles. The highest BCUT2D eigenvalue weighted by molar-refractivity contribution is 7.89. The molecule has 0 unspecified atom stereocenters. The normalized spacial score (nSPS) is 11.5. The molecule has 2 aromatic carbocycles. The van der Waals surface area contributed by atoms with Crippen molar-refractivity contribution in [2.75, 3.05) is 27.4 Å². The Bertz CT molecular complexity index is 1450. The van der Waals surface area contributed by atoms with E-state index in [2.05, 4.69) is 20.0 Å². The number of aromatic nitrogens is 4. The van der Waals surface area contributed by atoms with E-state index in [0.29, 0.717) is 28.5 Å². The second-order valence-corrected chi connectivity index (χ2v) is 9.03. The number of benzene rings is 2. The van der Waals surface area contributed by atoms with Crippen LogP contribution >= 0.6 is 11.6 Å². The van der Waals surface area contributed by atoms with Gasteiger partial charge >= 0.3 is 0 Å². The Balaban J connectivity index is 1.47. The highest BCUT2D eigenvalue weighted by Crippen LogP contribution is 2.32. The predicted molar refractivity (Wildman–Crippen MR) is 121 cm³/mol. The van der Waals surface area contributed by atoms with Crippen LogP contribution in [0.15, 0.2) is 53.4 Å². The van der Waals surface area contributed by atoms with Crippen LogP contribution in [0.1, 0.15) is 0 Å². The molecule has 0 saturated heterocycles. The summed E-state index contributed by atoms with van der Waals surface area (Å²) in [5.41, 5.74) is 1.13. The van der Waals surface area contributed by atoms with E-state index >= 15 is 0 Å². The lowest BCUT2D eigenvalue weighted by atomic mass is 10.2. The van der Waals surface area contributed by atoms with E-state index in [0.717, 1.165) is 18.2 Å². The molecule has 4 rings (SSSR count). The minimum Gasteiger partial charge on any atom is -0.497 e. The Kier molecular flexibility index (Phi) is 6.82. The summed E-state index contributed by atoms with van der Waals surface area (Å²) in [7, 11) is -0.798. The SMILES string of the molecule is COc1ccc(-c2nnc3ccc(OCCNS(=O)(=O)c4ccc(F)c(Cl)c4)nn23)c(OC)c1. The van der Waals surface area contributed by atoms with Gasteiger partial charge in [-0.3, -0.25) is 0 Å². The van der Waals surface area contributed by atoms with Crippen molar-refractivity contribution in [2.45, 2.75) is 4.90 Å². The molecule has 0 spiro atoms. The summed E-state index contributed by atoms with van der Waals surface area (Å²) in [6.45, 7) is -0.0750. The van der Waals surface area contributed by atoms with Crippen LogP contribution in [0, 0.1) is 5.82 Å². The van der Waals surface area contributed by atoms with Crippen LogP contribution in [0.5, 0.6) is 17.4 Å². The van der Waals surface area contributed by atoms with Gasteiger partial charge in [-0.2, -0.15) is 4.52 Å². The van der Waals surface area contributed by atoms with E-state index in [1.165, 1.54) is 11.6 Å². The monoisotopic (exact) mass is 507 g/mol. The summed E-state index contributed by atoms with van der Waals surface area (Å²) < 4.78 is 58.1. The van der Waals surface area contributed by atoms with Gasteiger partial charge < -0.3 is 14.2 Å². The van der Waals surface area contributed by atoms with Gasteiger partial charge in [0.2, 0.25) is 15.9 Å². The minimum absolute atomic E-state index is 0.0179. The van der Waals surface area contributed by atoms with Crippen molar-refractivity contribution in [3.63, 3.8) is 0 Å². The number of rotatable bonds is 9. The van der Waals surface area contributed by atoms with Gasteiger partial charge in [0, 0.05) is 18.7 Å². The third-order valence-electron chi connectivity index (χ3n) is 4.73. The molecule has 0 amide bonds. The molecule has 0 aliphatic heterocycles. The van der Waals surface area contributed by atoms with Crippen molar-refractivity contribution >= 4 is 27.3 Å². The number of hydrogen-bond donors (Lipinski definition) is 1. The number of nitrogens with one attached hydrogen (secondary N) is 1. The van der Waals surface area contributed by atoms with Gasteiger partial charge in [0.1, 0.15) is 23.9 Å². The number of ether oxygens (including phenoxy) is 3. The smallest absolute Gasteiger partial charge is 0.240 e. The topological polar surface area (TPSA) is 117 Å². The van der Waals surface area contributed by atoms with Gasteiger partial charge in [0.25, 0.3) is 0 Å².